The van der Waals surface area contributed by atoms with Gasteiger partial charge >= 0.3 is 6.09 Å². The average Bonchev–Trinajstić information content (AvgIpc) is 3.55. The third-order valence-corrected chi connectivity index (χ3v) is 7.34. The molecule has 1 atom stereocenters. The van der Waals surface area contributed by atoms with Gasteiger partial charge in [-0.1, -0.05) is 25.4 Å². The van der Waals surface area contributed by atoms with Crippen LogP contribution in [0.2, 0.25) is 5.02 Å². The van der Waals surface area contributed by atoms with Crippen molar-refractivity contribution in [3.8, 4) is 0 Å². The summed E-state index contributed by atoms with van der Waals surface area (Å²) in [6.45, 7) is 3.77. The monoisotopic (exact) mass is 633 g/mol. The fourth-order valence-corrected chi connectivity index (χ4v) is 5.24. The number of hydrazine groups is 2. The quantitative estimate of drug-likeness (QED) is 0.168. The number of anilines is 3. The zero-order valence-electron chi connectivity index (χ0n) is 24.3. The number of methoxy groups -OCH3 is 1. The average molecular weight is 634 g/mol. The number of halogens is 1. The van der Waals surface area contributed by atoms with Crippen LogP contribution < -0.4 is 26.7 Å². The van der Waals surface area contributed by atoms with E-state index in [2.05, 4.69) is 36.5 Å². The second kappa shape index (κ2) is 12.6. The van der Waals surface area contributed by atoms with Gasteiger partial charge in [-0.3, -0.25) is 30.0 Å². The maximum absolute atomic E-state index is 13.9. The van der Waals surface area contributed by atoms with Crippen molar-refractivity contribution < 1.29 is 24.0 Å². The largest absolute Gasteiger partial charge is 0.453 e. The highest BCUT2D eigenvalue weighted by Crippen LogP contribution is 2.41. The highest BCUT2D eigenvalue weighted by molar-refractivity contribution is 6.30. The molecular formula is C29H28ClN9O6. The lowest BCUT2D eigenvalue weighted by atomic mass is 9.78. The predicted octanol–water partition coefficient (Wildman–Crippen LogP) is 4.11. The first-order valence-corrected chi connectivity index (χ1v) is 13.9. The highest BCUT2D eigenvalue weighted by Gasteiger charge is 2.44. The molecule has 3 heterocycles. The Kier molecular flexibility index (Phi) is 8.65. The first-order valence-electron chi connectivity index (χ1n) is 13.5. The molecule has 16 heteroatoms. The molecule has 0 spiro atoms. The molecule has 0 fully saturated rings. The van der Waals surface area contributed by atoms with Crippen LogP contribution in [0.5, 0.6) is 0 Å². The number of hydrogen-bond donors (Lipinski definition) is 4. The van der Waals surface area contributed by atoms with Crippen LogP contribution in [-0.2, 0) is 19.7 Å². The molecule has 0 radical (unpaired) electrons. The zero-order chi connectivity index (χ0) is 32.3. The second-order valence-corrected chi connectivity index (χ2v) is 11.1. The fourth-order valence-electron chi connectivity index (χ4n) is 5.06. The molecule has 2 aliphatic heterocycles. The number of fused-ring (bicyclic) bond motifs is 1. The van der Waals surface area contributed by atoms with Gasteiger partial charge in [-0.25, -0.2) is 15.3 Å². The van der Waals surface area contributed by atoms with Gasteiger partial charge in [0.15, 0.2) is 0 Å². The van der Waals surface area contributed by atoms with Crippen molar-refractivity contribution in [2.45, 2.75) is 25.3 Å². The van der Waals surface area contributed by atoms with Crippen molar-refractivity contribution in [3.05, 3.63) is 92.8 Å². The van der Waals surface area contributed by atoms with Crippen molar-refractivity contribution in [2.75, 3.05) is 29.3 Å². The van der Waals surface area contributed by atoms with Crippen LogP contribution in [0.1, 0.15) is 36.7 Å². The topological polar surface area (TPSA) is 183 Å². The number of carbonyl (C=O) groups is 3. The number of aromatic nitrogens is 1. The molecule has 15 nitrogen and oxygen atoms in total. The number of amides is 3. The third kappa shape index (κ3) is 6.68. The van der Waals surface area contributed by atoms with E-state index < -0.39 is 34.3 Å². The minimum absolute atomic E-state index is 0.0840. The Balaban J connectivity index is 1.50. The van der Waals surface area contributed by atoms with Crippen molar-refractivity contribution in [1.29, 1.82) is 0 Å². The van der Waals surface area contributed by atoms with Gasteiger partial charge in [0.25, 0.3) is 11.6 Å². The number of nitrogens with one attached hydrogen (secondary N) is 4. The van der Waals surface area contributed by atoms with Gasteiger partial charge < -0.3 is 15.0 Å². The van der Waals surface area contributed by atoms with E-state index in [0.29, 0.717) is 33.3 Å². The van der Waals surface area contributed by atoms with Crippen LogP contribution in [0, 0.1) is 10.1 Å². The minimum Gasteiger partial charge on any atom is -0.453 e. The van der Waals surface area contributed by atoms with E-state index in [0.717, 1.165) is 6.20 Å². The van der Waals surface area contributed by atoms with Crippen LogP contribution in [0.25, 0.3) is 6.08 Å². The molecule has 0 aliphatic carbocycles. The summed E-state index contributed by atoms with van der Waals surface area (Å²) < 4.78 is 4.59. The van der Waals surface area contributed by atoms with E-state index in [-0.39, 0.29) is 17.8 Å². The molecule has 0 saturated carbocycles. The molecule has 0 bridgehead atoms. The van der Waals surface area contributed by atoms with Crippen LogP contribution >= 0.6 is 11.6 Å². The molecule has 45 heavy (non-hydrogen) atoms. The number of rotatable bonds is 7. The number of hydrazone groups is 1. The first-order chi connectivity index (χ1) is 21.5. The lowest BCUT2D eigenvalue weighted by Gasteiger charge is -2.43. The summed E-state index contributed by atoms with van der Waals surface area (Å²) in [5.41, 5.74) is 7.06. The first kappa shape index (κ1) is 30.9. The van der Waals surface area contributed by atoms with Gasteiger partial charge in [-0.2, -0.15) is 5.10 Å². The Morgan fingerprint density at radius 2 is 1.84 bits per heavy atom. The Morgan fingerprint density at radius 3 is 2.49 bits per heavy atom. The molecule has 3 aromatic rings. The van der Waals surface area contributed by atoms with Crippen molar-refractivity contribution in [2.24, 2.45) is 5.10 Å². The van der Waals surface area contributed by atoms with E-state index in [1.54, 1.807) is 53.5 Å². The van der Waals surface area contributed by atoms with Gasteiger partial charge in [0.2, 0.25) is 5.91 Å². The van der Waals surface area contributed by atoms with Crippen molar-refractivity contribution in [1.82, 2.24) is 21.0 Å². The Hall–Kier alpha value is -5.54. The van der Waals surface area contributed by atoms with E-state index in [1.165, 1.54) is 30.5 Å². The molecule has 2 aliphatic rings. The lowest BCUT2D eigenvalue weighted by molar-refractivity contribution is -0.385. The number of nitro groups is 1. The predicted molar refractivity (Wildman–Crippen MR) is 167 cm³/mol. The molecule has 4 N–H and O–H groups in total. The van der Waals surface area contributed by atoms with Crippen molar-refractivity contribution in [3.63, 3.8) is 0 Å². The maximum Gasteiger partial charge on any atom is 0.411 e. The summed E-state index contributed by atoms with van der Waals surface area (Å²) in [6, 6.07) is 11.3. The lowest BCUT2D eigenvalue weighted by Crippen LogP contribution is -2.51. The van der Waals surface area contributed by atoms with E-state index in [9.17, 15) is 24.5 Å². The second-order valence-electron chi connectivity index (χ2n) is 10.7. The SMILES string of the molecule is COC(=O)Nc1ccc(NC(=O)C2c3cc([N+](=O)[O-])cnc3C(C)(C)CN2C(=O)/C=C/c2cc(Cl)ccc2N2C=NNN2)cc1. The minimum atomic E-state index is -1.26. The van der Waals surface area contributed by atoms with Crippen LogP contribution in [0.4, 0.5) is 27.5 Å². The Morgan fingerprint density at radius 1 is 1.13 bits per heavy atom. The molecule has 1 unspecified atom stereocenters. The summed E-state index contributed by atoms with van der Waals surface area (Å²) in [5, 5.41) is 22.9. The summed E-state index contributed by atoms with van der Waals surface area (Å²) >= 11 is 6.25. The highest BCUT2D eigenvalue weighted by atomic mass is 35.5. The van der Waals surface area contributed by atoms with Crippen molar-refractivity contribution >= 4 is 64.7 Å². The van der Waals surface area contributed by atoms with E-state index in [4.69, 9.17) is 11.6 Å². The Bertz CT molecular complexity index is 1730. The molecule has 0 saturated heterocycles. The normalized spacial score (nSPS) is 16.6. The van der Waals surface area contributed by atoms with Crippen LogP contribution in [0.3, 0.4) is 0 Å². The number of hydrogen-bond acceptors (Lipinski definition) is 11. The third-order valence-electron chi connectivity index (χ3n) is 7.10. The zero-order valence-corrected chi connectivity index (χ0v) is 25.0. The molecule has 232 valence electrons. The smallest absolute Gasteiger partial charge is 0.411 e. The van der Waals surface area contributed by atoms with Crippen LogP contribution in [-0.4, -0.2) is 52.7 Å². The molecule has 2 aromatic carbocycles. The summed E-state index contributed by atoms with van der Waals surface area (Å²) in [7, 11) is 1.24. The number of carbonyl (C=O) groups excluding carboxylic acids is 3. The molecule has 3 amide bonds. The Labute approximate surface area is 262 Å². The number of nitrogens with zero attached hydrogens (tertiary/aromatic N) is 5. The van der Waals surface area contributed by atoms with Gasteiger partial charge in [0.05, 0.1) is 23.4 Å². The summed E-state index contributed by atoms with van der Waals surface area (Å²) in [4.78, 5) is 56.1. The summed E-state index contributed by atoms with van der Waals surface area (Å²) in [6.07, 6.45) is 4.87. The standard InChI is InChI=1S/C29H28ClN9O6/c1-29(2)15-37(24(40)11-4-17-12-18(30)5-10-23(17)38-16-32-35-36-38)25(22-13-21(39(43)44)14-31-26(22)29)27(41)33-19-6-8-20(9-7-19)34-28(42)45-3/h4-14,16,25,35-36H,15H2,1-3H3,(H,33,41)(H,34,42)/b11-4+. The van der Waals surface area contributed by atoms with Gasteiger partial charge in [-0.15, -0.1) is 5.53 Å². The molecule has 1 aromatic heterocycles. The summed E-state index contributed by atoms with van der Waals surface area (Å²) in [5.74, 6) is -1.14. The number of ether oxygens (including phenoxy) is 1. The number of benzene rings is 2. The van der Waals surface area contributed by atoms with Crippen LogP contribution in [0.15, 0.2) is 65.9 Å². The van der Waals surface area contributed by atoms with Gasteiger partial charge in [0.1, 0.15) is 18.6 Å². The fraction of sp³-hybridized carbons (Fsp3) is 0.207. The van der Waals surface area contributed by atoms with E-state index in [1.807, 2.05) is 13.8 Å². The van der Waals surface area contributed by atoms with Gasteiger partial charge in [0, 0.05) is 51.6 Å². The molecular weight excluding hydrogens is 606 g/mol. The van der Waals surface area contributed by atoms with E-state index >= 15 is 0 Å². The molecule has 5 rings (SSSR count). The maximum atomic E-state index is 13.9. The van der Waals surface area contributed by atoms with Gasteiger partial charge in [-0.05, 0) is 48.5 Å². The number of pyridine rings is 1.